The average Bonchev–Trinajstić information content (AvgIpc) is 3.08. The van der Waals surface area contributed by atoms with Gasteiger partial charge >= 0.3 is 11.9 Å². The Kier molecular flexibility index (Phi) is 7.43. The van der Waals surface area contributed by atoms with Crippen molar-refractivity contribution in [1.82, 2.24) is 4.57 Å². The molecular weight excluding hydrogens is 444 g/mol. The Morgan fingerprint density at radius 2 is 1.87 bits per heavy atom. The van der Waals surface area contributed by atoms with Crippen LogP contribution in [0.2, 0.25) is 5.02 Å². The van der Waals surface area contributed by atoms with Crippen molar-refractivity contribution in [3.05, 3.63) is 57.9 Å². The molecular formula is C21H19ClN2O6S. The van der Waals surface area contributed by atoms with Gasteiger partial charge in [0.25, 0.3) is 5.91 Å². The van der Waals surface area contributed by atoms with Crippen molar-refractivity contribution in [3.63, 3.8) is 0 Å². The predicted molar refractivity (Wildman–Crippen MR) is 115 cm³/mol. The number of esters is 2. The lowest BCUT2D eigenvalue weighted by Gasteiger charge is -2.06. The fraction of sp³-hybridized carbons (Fsp3) is 0.238. The average molecular weight is 463 g/mol. The van der Waals surface area contributed by atoms with E-state index in [1.54, 1.807) is 54.0 Å². The molecule has 0 N–H and O–H groups in total. The number of carbonyl (C=O) groups excluding carboxylic acids is 3. The van der Waals surface area contributed by atoms with E-state index in [1.807, 2.05) is 0 Å². The molecule has 0 fully saturated rings. The van der Waals surface area contributed by atoms with Crippen LogP contribution in [0.3, 0.4) is 0 Å². The van der Waals surface area contributed by atoms with Crippen LogP contribution in [-0.2, 0) is 25.6 Å². The topological polar surface area (TPSA) is 96.2 Å². The molecule has 3 aromatic rings. The number of nitrogens with zero attached hydrogens (tertiary/aromatic N) is 2. The summed E-state index contributed by atoms with van der Waals surface area (Å²) in [5.74, 6) is -1.01. The standard InChI is InChI=1S/C21H19ClN2O6S/c1-3-29-19(26)11-24-16-9-4-13(20(27)28-2)10-17(16)31-21(24)23-18(25)12-30-15-7-5-14(22)6-8-15/h4-10H,3,11-12H2,1-2H3. The molecule has 0 aliphatic rings. The SMILES string of the molecule is CCOC(=O)Cn1c(=NC(=O)COc2ccc(Cl)cc2)sc2cc(C(=O)OC)ccc21. The van der Waals surface area contributed by atoms with Crippen LogP contribution in [0, 0.1) is 0 Å². The first-order valence-corrected chi connectivity index (χ1v) is 10.4. The lowest BCUT2D eigenvalue weighted by molar-refractivity contribution is -0.143. The van der Waals surface area contributed by atoms with Crippen molar-refractivity contribution in [2.75, 3.05) is 20.3 Å². The van der Waals surface area contributed by atoms with Crippen molar-refractivity contribution in [3.8, 4) is 5.75 Å². The van der Waals surface area contributed by atoms with Gasteiger partial charge in [-0.25, -0.2) is 4.79 Å². The zero-order chi connectivity index (χ0) is 22.4. The third-order valence-electron chi connectivity index (χ3n) is 4.09. The van der Waals surface area contributed by atoms with Crippen LogP contribution in [0.15, 0.2) is 47.5 Å². The van der Waals surface area contributed by atoms with Gasteiger partial charge in [-0.2, -0.15) is 4.99 Å². The molecule has 0 unspecified atom stereocenters. The summed E-state index contributed by atoms with van der Waals surface area (Å²) in [6.45, 7) is 1.52. The Morgan fingerprint density at radius 3 is 2.55 bits per heavy atom. The van der Waals surface area contributed by atoms with Gasteiger partial charge in [0.15, 0.2) is 11.4 Å². The molecule has 1 amide bonds. The van der Waals surface area contributed by atoms with Gasteiger partial charge in [0, 0.05) is 5.02 Å². The lowest BCUT2D eigenvalue weighted by Crippen LogP contribution is -2.24. The summed E-state index contributed by atoms with van der Waals surface area (Å²) in [5, 5.41) is 0.556. The third kappa shape index (κ3) is 5.71. The first-order valence-electron chi connectivity index (χ1n) is 9.24. The molecule has 0 bridgehead atoms. The highest BCUT2D eigenvalue weighted by atomic mass is 35.5. The van der Waals surface area contributed by atoms with E-state index < -0.39 is 17.8 Å². The molecule has 162 valence electrons. The van der Waals surface area contributed by atoms with Gasteiger partial charge in [0.1, 0.15) is 12.3 Å². The predicted octanol–water partition coefficient (Wildman–Crippen LogP) is 3.21. The second-order valence-corrected chi connectivity index (χ2v) is 7.64. The molecule has 0 saturated carbocycles. The van der Waals surface area contributed by atoms with Crippen LogP contribution < -0.4 is 9.54 Å². The number of ether oxygens (including phenoxy) is 3. The number of benzene rings is 2. The summed E-state index contributed by atoms with van der Waals surface area (Å²) in [7, 11) is 1.29. The van der Waals surface area contributed by atoms with Crippen molar-refractivity contribution in [2.24, 2.45) is 4.99 Å². The Hall–Kier alpha value is -3.17. The van der Waals surface area contributed by atoms with E-state index in [2.05, 4.69) is 4.99 Å². The molecule has 1 aromatic heterocycles. The van der Waals surface area contributed by atoms with Crippen LogP contribution in [0.25, 0.3) is 10.2 Å². The van der Waals surface area contributed by atoms with Crippen LogP contribution in [0.1, 0.15) is 17.3 Å². The number of aromatic nitrogens is 1. The molecule has 31 heavy (non-hydrogen) atoms. The number of methoxy groups -OCH3 is 1. The monoisotopic (exact) mass is 462 g/mol. The number of fused-ring (bicyclic) bond motifs is 1. The molecule has 8 nitrogen and oxygen atoms in total. The largest absolute Gasteiger partial charge is 0.484 e. The molecule has 0 spiro atoms. The lowest BCUT2D eigenvalue weighted by atomic mass is 10.2. The molecule has 1 heterocycles. The molecule has 0 atom stereocenters. The summed E-state index contributed by atoms with van der Waals surface area (Å²) in [6, 6.07) is 11.5. The van der Waals surface area contributed by atoms with Crippen molar-refractivity contribution < 1.29 is 28.6 Å². The van der Waals surface area contributed by atoms with E-state index in [9.17, 15) is 14.4 Å². The zero-order valence-electron chi connectivity index (χ0n) is 16.8. The van der Waals surface area contributed by atoms with E-state index in [4.69, 9.17) is 25.8 Å². The van der Waals surface area contributed by atoms with Gasteiger partial charge in [0.2, 0.25) is 0 Å². The second kappa shape index (κ2) is 10.2. The Labute approximate surface area is 186 Å². The minimum atomic E-state index is -0.535. The molecule has 0 radical (unpaired) electrons. The summed E-state index contributed by atoms with van der Waals surface area (Å²) >= 11 is 7.00. The van der Waals surface area contributed by atoms with E-state index in [1.165, 1.54) is 7.11 Å². The Morgan fingerprint density at radius 1 is 1.13 bits per heavy atom. The fourth-order valence-corrected chi connectivity index (χ4v) is 3.92. The molecule has 0 saturated heterocycles. The normalized spacial score (nSPS) is 11.4. The summed E-state index contributed by atoms with van der Waals surface area (Å²) in [6.07, 6.45) is 0. The summed E-state index contributed by atoms with van der Waals surface area (Å²) in [5.41, 5.74) is 0.986. The van der Waals surface area contributed by atoms with Gasteiger partial charge in [-0.3, -0.25) is 9.59 Å². The highest BCUT2D eigenvalue weighted by Gasteiger charge is 2.15. The van der Waals surface area contributed by atoms with E-state index in [-0.39, 0.29) is 24.6 Å². The first kappa shape index (κ1) is 22.5. The molecule has 3 rings (SSSR count). The number of halogens is 1. The number of amides is 1. The van der Waals surface area contributed by atoms with E-state index in [0.29, 0.717) is 26.6 Å². The fourth-order valence-electron chi connectivity index (χ4n) is 2.71. The molecule has 2 aromatic carbocycles. The Balaban J connectivity index is 1.93. The molecule has 10 heteroatoms. The molecule has 0 aliphatic heterocycles. The van der Waals surface area contributed by atoms with E-state index in [0.717, 1.165) is 11.3 Å². The van der Waals surface area contributed by atoms with Crippen LogP contribution >= 0.6 is 22.9 Å². The van der Waals surface area contributed by atoms with Gasteiger partial charge in [-0.05, 0) is 49.4 Å². The number of carbonyl (C=O) groups is 3. The first-order chi connectivity index (χ1) is 14.9. The van der Waals surface area contributed by atoms with Gasteiger partial charge in [0.05, 0.1) is 29.5 Å². The molecule has 0 aliphatic carbocycles. The van der Waals surface area contributed by atoms with Crippen LogP contribution in [0.4, 0.5) is 0 Å². The zero-order valence-corrected chi connectivity index (χ0v) is 18.4. The maximum absolute atomic E-state index is 12.4. The number of thiazole rings is 1. The maximum atomic E-state index is 12.4. The van der Waals surface area contributed by atoms with Crippen molar-refractivity contribution in [2.45, 2.75) is 13.5 Å². The highest BCUT2D eigenvalue weighted by molar-refractivity contribution is 7.16. The smallest absolute Gasteiger partial charge is 0.337 e. The van der Waals surface area contributed by atoms with Crippen molar-refractivity contribution in [1.29, 1.82) is 0 Å². The maximum Gasteiger partial charge on any atom is 0.337 e. The van der Waals surface area contributed by atoms with Crippen LogP contribution in [-0.4, -0.2) is 42.7 Å². The quantitative estimate of drug-likeness (QED) is 0.500. The van der Waals surface area contributed by atoms with Gasteiger partial charge < -0.3 is 18.8 Å². The summed E-state index contributed by atoms with van der Waals surface area (Å²) < 4.78 is 17.4. The summed E-state index contributed by atoms with van der Waals surface area (Å²) in [4.78, 5) is 40.7. The highest BCUT2D eigenvalue weighted by Crippen LogP contribution is 2.20. The second-order valence-electron chi connectivity index (χ2n) is 6.20. The third-order valence-corrected chi connectivity index (χ3v) is 5.39. The number of hydrogen-bond acceptors (Lipinski definition) is 7. The van der Waals surface area contributed by atoms with E-state index >= 15 is 0 Å². The van der Waals surface area contributed by atoms with Crippen LogP contribution in [0.5, 0.6) is 5.75 Å². The minimum absolute atomic E-state index is 0.129. The van der Waals surface area contributed by atoms with Gasteiger partial charge in [-0.15, -0.1) is 0 Å². The Bertz CT molecular complexity index is 1180. The number of rotatable bonds is 7. The van der Waals surface area contributed by atoms with Crippen molar-refractivity contribution >= 4 is 51.0 Å². The van der Waals surface area contributed by atoms with Gasteiger partial charge in [-0.1, -0.05) is 22.9 Å². The number of hydrogen-bond donors (Lipinski definition) is 0. The minimum Gasteiger partial charge on any atom is -0.484 e.